The van der Waals surface area contributed by atoms with Crippen molar-refractivity contribution in [2.24, 2.45) is 5.92 Å². The van der Waals surface area contributed by atoms with Crippen molar-refractivity contribution in [3.05, 3.63) is 22.7 Å². The number of alkyl halides is 1. The quantitative estimate of drug-likeness (QED) is 0.720. The van der Waals surface area contributed by atoms with Gasteiger partial charge in [-0.3, -0.25) is 0 Å². The fourth-order valence-electron chi connectivity index (χ4n) is 2.37. The van der Waals surface area contributed by atoms with Crippen molar-refractivity contribution in [1.29, 1.82) is 0 Å². The molecule has 0 N–H and O–H groups in total. The Morgan fingerprint density at radius 1 is 1.33 bits per heavy atom. The third kappa shape index (κ3) is 3.33. The summed E-state index contributed by atoms with van der Waals surface area (Å²) in [6.07, 6.45) is 5.17. The summed E-state index contributed by atoms with van der Waals surface area (Å²) >= 11 is 9.67. The third-order valence-electron chi connectivity index (χ3n) is 3.38. The van der Waals surface area contributed by atoms with Gasteiger partial charge in [-0.05, 0) is 36.5 Å². The Morgan fingerprint density at radius 2 is 2.06 bits per heavy atom. The van der Waals surface area contributed by atoms with Crippen LogP contribution in [0.3, 0.4) is 0 Å². The molecule has 0 saturated heterocycles. The van der Waals surface area contributed by atoms with Gasteiger partial charge in [0.2, 0.25) is 0 Å². The van der Waals surface area contributed by atoms with Crippen molar-refractivity contribution in [2.75, 3.05) is 13.7 Å². The predicted octanol–water partition coefficient (Wildman–Crippen LogP) is 4.81. The minimum absolute atomic E-state index is 0.627. The first-order valence-electron chi connectivity index (χ1n) is 6.29. The van der Waals surface area contributed by atoms with Crippen LogP contribution in [0, 0.1) is 5.92 Å². The monoisotopic (exact) mass is 332 g/mol. The first-order valence-corrected chi connectivity index (χ1v) is 7.79. The minimum Gasteiger partial charge on any atom is -0.493 e. The van der Waals surface area contributed by atoms with E-state index in [1.54, 1.807) is 7.11 Å². The van der Waals surface area contributed by atoms with Crippen LogP contribution < -0.4 is 9.47 Å². The van der Waals surface area contributed by atoms with Gasteiger partial charge in [0.05, 0.1) is 18.7 Å². The van der Waals surface area contributed by atoms with Gasteiger partial charge in [-0.25, -0.2) is 0 Å². The van der Waals surface area contributed by atoms with Crippen molar-refractivity contribution in [1.82, 2.24) is 0 Å². The van der Waals surface area contributed by atoms with E-state index < -0.39 is 0 Å². The van der Waals surface area contributed by atoms with Gasteiger partial charge in [0, 0.05) is 5.33 Å². The topological polar surface area (TPSA) is 18.5 Å². The van der Waals surface area contributed by atoms with Crippen molar-refractivity contribution < 1.29 is 9.47 Å². The molecule has 1 saturated carbocycles. The molecule has 100 valence electrons. The van der Waals surface area contributed by atoms with E-state index in [0.717, 1.165) is 23.2 Å². The van der Waals surface area contributed by atoms with Crippen molar-refractivity contribution in [2.45, 2.75) is 31.0 Å². The maximum atomic E-state index is 6.25. The lowest BCUT2D eigenvalue weighted by Crippen LogP contribution is -2.09. The Labute approximate surface area is 122 Å². The molecule has 2 rings (SSSR count). The first kappa shape index (κ1) is 14.0. The molecule has 1 aliphatic rings. The molecule has 0 atom stereocenters. The van der Waals surface area contributed by atoms with Crippen LogP contribution >= 0.6 is 27.5 Å². The third-order valence-corrected chi connectivity index (χ3v) is 4.31. The maximum Gasteiger partial charge on any atom is 0.179 e. The van der Waals surface area contributed by atoms with E-state index in [1.165, 1.54) is 25.7 Å². The van der Waals surface area contributed by atoms with Gasteiger partial charge in [-0.15, -0.1) is 0 Å². The number of ether oxygens (including phenoxy) is 2. The fourth-order valence-corrected chi connectivity index (χ4v) is 2.98. The summed E-state index contributed by atoms with van der Waals surface area (Å²) in [6, 6.07) is 3.88. The van der Waals surface area contributed by atoms with Crippen molar-refractivity contribution in [3.8, 4) is 11.5 Å². The van der Waals surface area contributed by atoms with Crippen LogP contribution in [-0.4, -0.2) is 13.7 Å². The zero-order valence-corrected chi connectivity index (χ0v) is 12.9. The van der Waals surface area contributed by atoms with E-state index in [-0.39, 0.29) is 0 Å². The molecule has 4 heteroatoms. The van der Waals surface area contributed by atoms with Crippen LogP contribution in [0.2, 0.25) is 5.02 Å². The van der Waals surface area contributed by atoms with E-state index in [9.17, 15) is 0 Å². The first-order chi connectivity index (χ1) is 8.74. The second-order valence-electron chi connectivity index (χ2n) is 4.70. The molecule has 1 fully saturated rings. The van der Waals surface area contributed by atoms with E-state index in [0.29, 0.717) is 16.7 Å². The average molecular weight is 334 g/mol. The highest BCUT2D eigenvalue weighted by Gasteiger charge is 2.18. The van der Waals surface area contributed by atoms with Gasteiger partial charge in [-0.1, -0.05) is 40.4 Å². The zero-order chi connectivity index (χ0) is 13.0. The number of hydrogen-bond acceptors (Lipinski definition) is 2. The van der Waals surface area contributed by atoms with E-state index in [4.69, 9.17) is 21.1 Å². The smallest absolute Gasteiger partial charge is 0.179 e. The summed E-state index contributed by atoms with van der Waals surface area (Å²) in [5.74, 6) is 2.06. The molecule has 0 aliphatic heterocycles. The summed E-state index contributed by atoms with van der Waals surface area (Å²) in [5, 5.41) is 1.38. The normalized spacial score (nSPS) is 15.9. The molecule has 0 amide bonds. The summed E-state index contributed by atoms with van der Waals surface area (Å²) in [4.78, 5) is 0. The molecular weight excluding hydrogens is 316 g/mol. The van der Waals surface area contributed by atoms with Crippen molar-refractivity contribution in [3.63, 3.8) is 0 Å². The molecule has 1 aliphatic carbocycles. The molecule has 0 bridgehead atoms. The number of benzene rings is 1. The molecule has 0 radical (unpaired) electrons. The van der Waals surface area contributed by atoms with Crippen LogP contribution in [0.15, 0.2) is 12.1 Å². The van der Waals surface area contributed by atoms with Crippen LogP contribution in [0.25, 0.3) is 0 Å². The largest absolute Gasteiger partial charge is 0.493 e. The number of hydrogen-bond donors (Lipinski definition) is 0. The van der Waals surface area contributed by atoms with Gasteiger partial charge in [-0.2, -0.15) is 0 Å². The van der Waals surface area contributed by atoms with E-state index >= 15 is 0 Å². The number of rotatable bonds is 5. The minimum atomic E-state index is 0.627. The second kappa shape index (κ2) is 6.67. The molecule has 1 aromatic rings. The highest BCUT2D eigenvalue weighted by atomic mass is 79.9. The molecule has 0 heterocycles. The Kier molecular flexibility index (Phi) is 5.19. The number of methoxy groups -OCH3 is 1. The summed E-state index contributed by atoms with van der Waals surface area (Å²) in [7, 11) is 1.64. The lowest BCUT2D eigenvalue weighted by Gasteiger charge is -2.16. The highest BCUT2D eigenvalue weighted by Crippen LogP contribution is 2.38. The lowest BCUT2D eigenvalue weighted by molar-refractivity contribution is 0.241. The summed E-state index contributed by atoms with van der Waals surface area (Å²) < 4.78 is 11.2. The van der Waals surface area contributed by atoms with Crippen LogP contribution in [0.4, 0.5) is 0 Å². The Balaban J connectivity index is 2.10. The average Bonchev–Trinajstić information content (AvgIpc) is 2.89. The summed E-state index contributed by atoms with van der Waals surface area (Å²) in [5.41, 5.74) is 1.09. The number of halogens is 2. The molecule has 2 nitrogen and oxygen atoms in total. The van der Waals surface area contributed by atoms with E-state index in [2.05, 4.69) is 15.9 Å². The molecule has 0 aromatic heterocycles. The fraction of sp³-hybridized carbons (Fsp3) is 0.571. The Morgan fingerprint density at radius 3 is 2.67 bits per heavy atom. The summed E-state index contributed by atoms with van der Waals surface area (Å²) in [6.45, 7) is 0.740. The maximum absolute atomic E-state index is 6.25. The van der Waals surface area contributed by atoms with Gasteiger partial charge in [0.25, 0.3) is 0 Å². The van der Waals surface area contributed by atoms with Gasteiger partial charge < -0.3 is 9.47 Å². The molecular formula is C14H18BrClO2. The van der Waals surface area contributed by atoms with Crippen LogP contribution in [0.1, 0.15) is 31.2 Å². The predicted molar refractivity (Wildman–Crippen MR) is 78.1 cm³/mol. The lowest BCUT2D eigenvalue weighted by atomic mass is 10.1. The second-order valence-corrected chi connectivity index (χ2v) is 5.67. The van der Waals surface area contributed by atoms with E-state index in [1.807, 2.05) is 12.1 Å². The Bertz CT molecular complexity index is 403. The standard InChI is InChI=1S/C14H18BrClO2/c1-17-13-7-11(8-15)6-12(16)14(13)18-9-10-4-2-3-5-10/h6-7,10H,2-5,8-9H2,1H3. The molecule has 1 aromatic carbocycles. The zero-order valence-electron chi connectivity index (χ0n) is 10.5. The van der Waals surface area contributed by atoms with Crippen LogP contribution in [0.5, 0.6) is 11.5 Å². The van der Waals surface area contributed by atoms with Crippen LogP contribution in [-0.2, 0) is 5.33 Å². The van der Waals surface area contributed by atoms with Gasteiger partial charge in [0.1, 0.15) is 0 Å². The molecule has 0 unspecified atom stereocenters. The van der Waals surface area contributed by atoms with Gasteiger partial charge in [0.15, 0.2) is 11.5 Å². The Hall–Kier alpha value is -0.410. The SMILES string of the molecule is COc1cc(CBr)cc(Cl)c1OCC1CCCC1. The highest BCUT2D eigenvalue weighted by molar-refractivity contribution is 9.08. The molecule has 18 heavy (non-hydrogen) atoms. The van der Waals surface area contributed by atoms with Crippen molar-refractivity contribution >= 4 is 27.5 Å². The van der Waals surface area contributed by atoms with Gasteiger partial charge >= 0.3 is 0 Å². The molecule has 0 spiro atoms.